The van der Waals surface area contributed by atoms with Crippen LogP contribution in [-0.2, 0) is 12.8 Å². The molecule has 0 bridgehead atoms. The normalized spacial score (nSPS) is 11.4. The molecule has 0 nitrogen and oxygen atoms in total. The van der Waals surface area contributed by atoms with Gasteiger partial charge in [0.05, 0.1) is 0 Å². The highest BCUT2D eigenvalue weighted by Crippen LogP contribution is 2.43. The molecule has 0 atom stereocenters. The van der Waals surface area contributed by atoms with Crippen LogP contribution >= 0.6 is 77.2 Å². The first-order valence-corrected chi connectivity index (χ1v) is 15.8. The fourth-order valence-corrected chi connectivity index (χ4v) is 8.46. The van der Waals surface area contributed by atoms with E-state index < -0.39 is 0 Å². The lowest BCUT2D eigenvalue weighted by molar-refractivity contribution is 0.816. The lowest BCUT2D eigenvalue weighted by Gasteiger charge is -1.95. The van der Waals surface area contributed by atoms with Crippen LogP contribution in [0.15, 0.2) is 48.5 Å². The highest BCUT2D eigenvalue weighted by molar-refractivity contribution is 9.09. The van der Waals surface area contributed by atoms with Crippen molar-refractivity contribution in [3.05, 3.63) is 58.3 Å². The van der Waals surface area contributed by atoms with Gasteiger partial charge in [0.15, 0.2) is 0 Å². The molecule has 158 valence electrons. The Bertz CT molecular complexity index is 968. The predicted molar refractivity (Wildman–Crippen MR) is 148 cm³/mol. The monoisotopic (exact) mass is 598 g/mol. The van der Waals surface area contributed by atoms with Crippen molar-refractivity contribution in [1.29, 1.82) is 0 Å². The van der Waals surface area contributed by atoms with E-state index in [1.165, 1.54) is 77.5 Å². The number of unbranched alkanes of at least 4 members (excludes halogenated alkanes) is 2. The van der Waals surface area contributed by atoms with E-state index in [9.17, 15) is 0 Å². The summed E-state index contributed by atoms with van der Waals surface area (Å²) < 4.78 is 0. The zero-order valence-electron chi connectivity index (χ0n) is 16.7. The van der Waals surface area contributed by atoms with Crippen molar-refractivity contribution in [1.82, 2.24) is 0 Å². The maximum absolute atomic E-state index is 3.53. The maximum atomic E-state index is 3.53. The van der Waals surface area contributed by atoms with Crippen LogP contribution in [0.5, 0.6) is 0 Å². The summed E-state index contributed by atoms with van der Waals surface area (Å²) in [4.78, 5) is 11.4. The van der Waals surface area contributed by atoms with Gasteiger partial charge in [-0.3, -0.25) is 0 Å². The Morgan fingerprint density at radius 1 is 0.433 bits per heavy atom. The molecule has 4 aromatic rings. The van der Waals surface area contributed by atoms with E-state index in [4.69, 9.17) is 0 Å². The molecule has 0 spiro atoms. The summed E-state index contributed by atoms with van der Waals surface area (Å²) in [6.45, 7) is 0. The molecule has 6 heteroatoms. The van der Waals surface area contributed by atoms with Gasteiger partial charge in [-0.2, -0.15) is 0 Å². The maximum Gasteiger partial charge on any atom is 0.0449 e. The number of aryl methyl sites for hydroxylation is 2. The zero-order valence-corrected chi connectivity index (χ0v) is 23.1. The molecule has 4 heterocycles. The van der Waals surface area contributed by atoms with Crippen molar-refractivity contribution < 1.29 is 0 Å². The lowest BCUT2D eigenvalue weighted by atomic mass is 10.2. The molecule has 0 aliphatic heterocycles. The Labute approximate surface area is 212 Å². The molecule has 0 aromatic carbocycles. The number of rotatable bonds is 11. The Morgan fingerprint density at radius 3 is 1.13 bits per heavy atom. The van der Waals surface area contributed by atoms with Crippen molar-refractivity contribution in [2.75, 3.05) is 10.7 Å². The molecule has 0 aliphatic rings. The van der Waals surface area contributed by atoms with Crippen LogP contribution in [-0.4, -0.2) is 10.7 Å². The highest BCUT2D eigenvalue weighted by atomic mass is 79.9. The van der Waals surface area contributed by atoms with Crippen LogP contribution in [0, 0.1) is 0 Å². The summed E-state index contributed by atoms with van der Waals surface area (Å²) in [5.74, 6) is 0. The van der Waals surface area contributed by atoms with E-state index in [0.29, 0.717) is 0 Å². The minimum Gasteiger partial charge on any atom is -0.139 e. The number of hydrogen-bond donors (Lipinski definition) is 0. The van der Waals surface area contributed by atoms with E-state index in [-0.39, 0.29) is 0 Å². The minimum absolute atomic E-state index is 1.10. The smallest absolute Gasteiger partial charge is 0.0449 e. The molecule has 4 aromatic heterocycles. The third kappa shape index (κ3) is 5.96. The van der Waals surface area contributed by atoms with Crippen molar-refractivity contribution in [2.24, 2.45) is 0 Å². The molecule has 0 saturated heterocycles. The molecular weight excluding hydrogens is 576 g/mol. The first-order valence-electron chi connectivity index (χ1n) is 10.3. The molecule has 0 saturated carbocycles. The van der Waals surface area contributed by atoms with Gasteiger partial charge >= 0.3 is 0 Å². The van der Waals surface area contributed by atoms with Gasteiger partial charge < -0.3 is 0 Å². The first kappa shape index (κ1) is 22.9. The van der Waals surface area contributed by atoms with Crippen molar-refractivity contribution in [3.8, 4) is 29.3 Å². The van der Waals surface area contributed by atoms with Crippen LogP contribution in [0.25, 0.3) is 29.3 Å². The van der Waals surface area contributed by atoms with Crippen LogP contribution < -0.4 is 0 Å². The van der Waals surface area contributed by atoms with Gasteiger partial charge in [0.2, 0.25) is 0 Å². The average Bonchev–Trinajstić information content (AvgIpc) is 3.53. The summed E-state index contributed by atoms with van der Waals surface area (Å²) in [7, 11) is 0. The molecule has 0 radical (unpaired) electrons. The Hall–Kier alpha value is -0.240. The topological polar surface area (TPSA) is 0 Å². The second kappa shape index (κ2) is 11.6. The fraction of sp³-hybridized carbons (Fsp3) is 0.333. The Morgan fingerprint density at radius 2 is 0.767 bits per heavy atom. The molecule has 30 heavy (non-hydrogen) atoms. The first-order chi connectivity index (χ1) is 14.8. The van der Waals surface area contributed by atoms with Gasteiger partial charge in [0, 0.05) is 49.7 Å². The molecule has 4 rings (SSSR count). The summed E-state index contributed by atoms with van der Waals surface area (Å²) >= 11 is 14.8. The van der Waals surface area contributed by atoms with Gasteiger partial charge in [-0.1, -0.05) is 31.9 Å². The summed E-state index contributed by atoms with van der Waals surface area (Å²) in [6, 6.07) is 18.4. The van der Waals surface area contributed by atoms with Crippen molar-refractivity contribution >= 4 is 77.2 Å². The van der Waals surface area contributed by atoms with E-state index in [2.05, 4.69) is 80.4 Å². The van der Waals surface area contributed by atoms with Gasteiger partial charge in [-0.25, -0.2) is 0 Å². The van der Waals surface area contributed by atoms with Gasteiger partial charge in [-0.05, 0) is 87.1 Å². The summed E-state index contributed by atoms with van der Waals surface area (Å²) in [6.07, 6.45) is 7.42. The number of halogens is 2. The number of thiophene rings is 4. The molecule has 0 N–H and O–H groups in total. The van der Waals surface area contributed by atoms with E-state index >= 15 is 0 Å². The molecule has 0 aliphatic carbocycles. The summed E-state index contributed by atoms with van der Waals surface area (Å²) in [5, 5.41) is 2.21. The Balaban J connectivity index is 1.43. The van der Waals surface area contributed by atoms with Gasteiger partial charge in [0.1, 0.15) is 0 Å². The van der Waals surface area contributed by atoms with Crippen LogP contribution in [0.2, 0.25) is 0 Å². The van der Waals surface area contributed by atoms with Gasteiger partial charge in [0.25, 0.3) is 0 Å². The second-order valence-electron chi connectivity index (χ2n) is 7.15. The van der Waals surface area contributed by atoms with Gasteiger partial charge in [-0.15, -0.1) is 45.3 Å². The highest BCUT2D eigenvalue weighted by Gasteiger charge is 2.11. The van der Waals surface area contributed by atoms with Crippen molar-refractivity contribution in [3.63, 3.8) is 0 Å². The largest absolute Gasteiger partial charge is 0.139 e. The number of alkyl halides is 2. The average molecular weight is 601 g/mol. The standard InChI is InChI=1S/C24H24Br2S4/c25-15-3-1-5-17-7-9-19(27-17)21-11-13-23(29-21)24-14-12-22(30-24)20-10-8-18(28-20)6-2-4-16-26/h7-14H,1-6,15-16H2. The molecule has 0 amide bonds. The second-order valence-corrected chi connectivity index (χ2v) is 13.2. The summed E-state index contributed by atoms with van der Waals surface area (Å²) in [5.41, 5.74) is 0. The minimum atomic E-state index is 1.10. The third-order valence-electron chi connectivity index (χ3n) is 4.88. The fourth-order valence-electron chi connectivity index (χ4n) is 3.28. The third-order valence-corrected chi connectivity index (χ3v) is 11.0. The SMILES string of the molecule is BrCCCCc1ccc(-c2ccc(-c3ccc(-c4ccc(CCCCBr)s4)s3)s2)s1. The quantitative estimate of drug-likeness (QED) is 0.119. The predicted octanol–water partition coefficient (Wildman–Crippen LogP) is 10.4. The molecule has 0 fully saturated rings. The Kier molecular flexibility index (Phi) is 8.85. The van der Waals surface area contributed by atoms with Crippen LogP contribution in [0.3, 0.4) is 0 Å². The van der Waals surface area contributed by atoms with E-state index in [1.807, 2.05) is 45.3 Å². The van der Waals surface area contributed by atoms with Crippen LogP contribution in [0.1, 0.15) is 35.4 Å². The molecular formula is C24H24Br2S4. The van der Waals surface area contributed by atoms with Crippen LogP contribution in [0.4, 0.5) is 0 Å². The van der Waals surface area contributed by atoms with E-state index in [1.54, 1.807) is 0 Å². The molecule has 0 unspecified atom stereocenters. The lowest BCUT2D eigenvalue weighted by Crippen LogP contribution is -1.80. The van der Waals surface area contributed by atoms with E-state index in [0.717, 1.165) is 10.7 Å². The zero-order chi connectivity index (χ0) is 20.8. The number of hydrogen-bond acceptors (Lipinski definition) is 4. The van der Waals surface area contributed by atoms with Crippen molar-refractivity contribution in [2.45, 2.75) is 38.5 Å².